The van der Waals surface area contributed by atoms with E-state index >= 15 is 0 Å². The molecule has 0 N–H and O–H groups in total. The van der Waals surface area contributed by atoms with Gasteiger partial charge in [-0.15, -0.1) is 0 Å². The Morgan fingerprint density at radius 1 is 1.20 bits per heavy atom. The minimum atomic E-state index is -3.26. The third-order valence-electron chi connectivity index (χ3n) is 4.17. The minimum Gasteiger partial charge on any atom is -0.381 e. The van der Waals surface area contributed by atoms with Crippen molar-refractivity contribution in [1.29, 1.82) is 0 Å². The summed E-state index contributed by atoms with van der Waals surface area (Å²) in [5.41, 5.74) is 1.94. The Bertz CT molecular complexity index is 575. The third-order valence-corrected chi connectivity index (χ3v) is 7.32. The van der Waals surface area contributed by atoms with E-state index in [1.54, 1.807) is 12.1 Å². The van der Waals surface area contributed by atoms with Crippen molar-refractivity contribution in [3.8, 4) is 0 Å². The maximum absolute atomic E-state index is 12.7. The van der Waals surface area contributed by atoms with Gasteiger partial charge >= 0.3 is 0 Å². The van der Waals surface area contributed by atoms with Crippen LogP contribution in [0.15, 0.2) is 23.1 Å². The second-order valence-corrected chi connectivity index (χ2v) is 8.30. The van der Waals surface area contributed by atoms with Crippen LogP contribution in [0.2, 0.25) is 0 Å². The molecule has 0 bridgehead atoms. The molecule has 2 rings (SSSR count). The van der Waals surface area contributed by atoms with Crippen LogP contribution in [-0.4, -0.2) is 32.7 Å². The highest BCUT2D eigenvalue weighted by Gasteiger charge is 2.37. The molecule has 0 aromatic heterocycles. The Hall–Kier alpha value is -0.390. The minimum absolute atomic E-state index is 0.192. The van der Waals surface area contributed by atoms with Crippen LogP contribution >= 0.6 is 15.9 Å². The number of halogens is 1. The number of sulfone groups is 1. The molecule has 0 atom stereocenters. The predicted molar refractivity (Wildman–Crippen MR) is 84.2 cm³/mol. The number of rotatable bonds is 4. The highest BCUT2D eigenvalue weighted by Crippen LogP contribution is 2.35. The fourth-order valence-electron chi connectivity index (χ4n) is 2.51. The van der Waals surface area contributed by atoms with Gasteiger partial charge in [0.15, 0.2) is 9.84 Å². The maximum Gasteiger partial charge on any atom is 0.178 e. The van der Waals surface area contributed by atoms with Crippen molar-refractivity contribution in [3.63, 3.8) is 0 Å². The van der Waals surface area contributed by atoms with Crippen molar-refractivity contribution in [2.45, 2.75) is 31.6 Å². The summed E-state index contributed by atoms with van der Waals surface area (Å²) in [7, 11) is -3.26. The van der Waals surface area contributed by atoms with Crippen LogP contribution in [0.5, 0.6) is 0 Å². The van der Waals surface area contributed by atoms with Gasteiger partial charge in [0.2, 0.25) is 0 Å². The molecule has 1 aliphatic rings. The number of alkyl halides is 1. The van der Waals surface area contributed by atoms with Crippen LogP contribution in [0.25, 0.3) is 0 Å². The van der Waals surface area contributed by atoms with E-state index in [0.717, 1.165) is 24.0 Å². The molecule has 0 radical (unpaired) electrons. The molecular weight excluding hydrogens is 340 g/mol. The molecule has 1 aromatic rings. The van der Waals surface area contributed by atoms with Crippen LogP contribution in [0, 0.1) is 19.3 Å². The zero-order valence-electron chi connectivity index (χ0n) is 12.0. The summed E-state index contributed by atoms with van der Waals surface area (Å²) in [5, 5.41) is 0.702. The first-order chi connectivity index (χ1) is 9.38. The van der Waals surface area contributed by atoms with Crippen LogP contribution in [-0.2, 0) is 14.6 Å². The van der Waals surface area contributed by atoms with E-state index in [9.17, 15) is 8.42 Å². The second kappa shape index (κ2) is 6.16. The summed E-state index contributed by atoms with van der Waals surface area (Å²) < 4.78 is 30.7. The number of benzene rings is 1. The fourth-order valence-corrected chi connectivity index (χ4v) is 5.53. The van der Waals surface area contributed by atoms with E-state index in [1.807, 2.05) is 19.9 Å². The monoisotopic (exact) mass is 360 g/mol. The largest absolute Gasteiger partial charge is 0.381 e. The van der Waals surface area contributed by atoms with E-state index in [2.05, 4.69) is 15.9 Å². The lowest BCUT2D eigenvalue weighted by Crippen LogP contribution is -2.37. The number of aryl methyl sites for hydroxylation is 2. The van der Waals surface area contributed by atoms with Gasteiger partial charge in [0.1, 0.15) is 0 Å². The zero-order chi connectivity index (χ0) is 14.8. The van der Waals surface area contributed by atoms with Crippen LogP contribution in [0.1, 0.15) is 24.0 Å². The Morgan fingerprint density at radius 2 is 1.85 bits per heavy atom. The van der Waals surface area contributed by atoms with Crippen molar-refractivity contribution in [2.75, 3.05) is 24.3 Å². The number of hydrogen-bond acceptors (Lipinski definition) is 3. The molecule has 1 fully saturated rings. The molecular formula is C15H21BrO3S. The first-order valence-corrected chi connectivity index (χ1v) is 9.60. The topological polar surface area (TPSA) is 43.4 Å². The molecule has 0 saturated carbocycles. The first-order valence-electron chi connectivity index (χ1n) is 6.82. The van der Waals surface area contributed by atoms with Crippen LogP contribution in [0.4, 0.5) is 0 Å². The molecule has 1 saturated heterocycles. The average molecular weight is 361 g/mol. The Labute approximate surface area is 129 Å². The lowest BCUT2D eigenvalue weighted by Gasteiger charge is -2.35. The second-order valence-electron chi connectivity index (χ2n) is 5.75. The SMILES string of the molecule is Cc1ccc(S(=O)(=O)CC2(CBr)CCOCC2)cc1C. The quantitative estimate of drug-likeness (QED) is 0.773. The summed E-state index contributed by atoms with van der Waals surface area (Å²) >= 11 is 3.50. The molecule has 20 heavy (non-hydrogen) atoms. The summed E-state index contributed by atoms with van der Waals surface area (Å²) in [6, 6.07) is 5.39. The lowest BCUT2D eigenvalue weighted by molar-refractivity contribution is 0.0367. The standard InChI is InChI=1S/C15H21BrO3S/c1-12-3-4-14(9-13(12)2)20(17,18)11-15(10-16)5-7-19-8-6-15/h3-4,9H,5-8,10-11H2,1-2H3. The van der Waals surface area contributed by atoms with Gasteiger partial charge in [-0.05, 0) is 55.4 Å². The van der Waals surface area contributed by atoms with Crippen LogP contribution < -0.4 is 0 Å². The molecule has 3 nitrogen and oxygen atoms in total. The van der Waals surface area contributed by atoms with Gasteiger partial charge < -0.3 is 4.74 Å². The number of hydrogen-bond donors (Lipinski definition) is 0. The van der Waals surface area contributed by atoms with E-state index in [4.69, 9.17) is 4.74 Å². The van der Waals surface area contributed by atoms with Gasteiger partial charge in [0.05, 0.1) is 10.6 Å². The fraction of sp³-hybridized carbons (Fsp3) is 0.600. The molecule has 0 amide bonds. The van der Waals surface area contributed by atoms with Crippen molar-refractivity contribution in [1.82, 2.24) is 0 Å². The summed E-state index contributed by atoms with van der Waals surface area (Å²) in [6.45, 7) is 5.23. The van der Waals surface area contributed by atoms with Crippen molar-refractivity contribution < 1.29 is 13.2 Å². The molecule has 1 heterocycles. The smallest absolute Gasteiger partial charge is 0.178 e. The zero-order valence-corrected chi connectivity index (χ0v) is 14.4. The lowest BCUT2D eigenvalue weighted by atomic mass is 9.85. The van der Waals surface area contributed by atoms with E-state index in [1.165, 1.54) is 0 Å². The summed E-state index contributed by atoms with van der Waals surface area (Å²) in [4.78, 5) is 0.437. The highest BCUT2D eigenvalue weighted by atomic mass is 79.9. The Morgan fingerprint density at radius 3 is 2.40 bits per heavy atom. The van der Waals surface area contributed by atoms with Crippen molar-refractivity contribution in [3.05, 3.63) is 29.3 Å². The maximum atomic E-state index is 12.7. The normalized spacial score (nSPS) is 18.9. The summed E-state index contributed by atoms with van der Waals surface area (Å²) in [6.07, 6.45) is 1.59. The molecule has 1 aliphatic heterocycles. The summed E-state index contributed by atoms with van der Waals surface area (Å²) in [5.74, 6) is 0.192. The average Bonchev–Trinajstić information content (AvgIpc) is 2.42. The molecule has 0 spiro atoms. The molecule has 5 heteroatoms. The van der Waals surface area contributed by atoms with Gasteiger partial charge in [-0.25, -0.2) is 8.42 Å². The van der Waals surface area contributed by atoms with E-state index in [0.29, 0.717) is 23.4 Å². The predicted octanol–water partition coefficient (Wildman–Crippen LogP) is 3.27. The number of ether oxygens (including phenoxy) is 1. The van der Waals surface area contributed by atoms with Gasteiger partial charge in [-0.2, -0.15) is 0 Å². The molecule has 0 unspecified atom stereocenters. The van der Waals surface area contributed by atoms with Gasteiger partial charge in [-0.1, -0.05) is 22.0 Å². The molecule has 0 aliphatic carbocycles. The van der Waals surface area contributed by atoms with E-state index in [-0.39, 0.29) is 11.2 Å². The van der Waals surface area contributed by atoms with E-state index < -0.39 is 9.84 Å². The van der Waals surface area contributed by atoms with Crippen molar-refractivity contribution >= 4 is 25.8 Å². The molecule has 112 valence electrons. The van der Waals surface area contributed by atoms with Gasteiger partial charge in [-0.3, -0.25) is 0 Å². The van der Waals surface area contributed by atoms with Crippen LogP contribution in [0.3, 0.4) is 0 Å². The Kier molecular flexibility index (Phi) is 4.92. The highest BCUT2D eigenvalue weighted by molar-refractivity contribution is 9.09. The van der Waals surface area contributed by atoms with Gasteiger partial charge in [0, 0.05) is 18.5 Å². The first kappa shape index (κ1) is 16.0. The van der Waals surface area contributed by atoms with Crippen molar-refractivity contribution in [2.24, 2.45) is 5.41 Å². The van der Waals surface area contributed by atoms with Gasteiger partial charge in [0.25, 0.3) is 0 Å². The third kappa shape index (κ3) is 3.43. The Balaban J connectivity index is 2.27. The molecule has 1 aromatic carbocycles.